The van der Waals surface area contributed by atoms with E-state index in [0.717, 1.165) is 33.5 Å². The molecule has 0 aromatic carbocycles. The van der Waals surface area contributed by atoms with Gasteiger partial charge in [0.2, 0.25) is 0 Å². The molecule has 0 aliphatic heterocycles. The van der Waals surface area contributed by atoms with Gasteiger partial charge in [0.1, 0.15) is 16.4 Å². The van der Waals surface area contributed by atoms with Crippen LogP contribution in [0.2, 0.25) is 0 Å². The molecule has 6 nitrogen and oxygen atoms in total. The van der Waals surface area contributed by atoms with Crippen LogP contribution >= 0.6 is 11.3 Å². The normalized spacial score (nSPS) is 11.0. The smallest absolute Gasteiger partial charge is 0.156 e. The molecule has 4 heterocycles. The van der Waals surface area contributed by atoms with E-state index in [9.17, 15) is 0 Å². The van der Waals surface area contributed by atoms with Crippen LogP contribution in [0.25, 0.3) is 33.5 Å². The molecule has 20 heavy (non-hydrogen) atoms. The molecule has 0 unspecified atom stereocenters. The van der Waals surface area contributed by atoms with Gasteiger partial charge in [0.05, 0.1) is 11.3 Å². The number of nitrogens with one attached hydrogen (secondary N) is 3. The Morgan fingerprint density at radius 3 is 2.75 bits per heavy atom. The molecule has 3 N–H and O–H groups in total. The summed E-state index contributed by atoms with van der Waals surface area (Å²) >= 11 is 1.58. The molecule has 4 aromatic heterocycles. The molecule has 0 fully saturated rings. The van der Waals surface area contributed by atoms with E-state index in [1.165, 1.54) is 0 Å². The standard InChI is InChI=1S/C13H10N6S/c1-2-8(14-3-1)10-9(13-17-6-7-20-13)11(19-18-10)12-15-4-5-16-12/h1-7,14H,(H,15,16)(H,18,19). The van der Waals surface area contributed by atoms with Gasteiger partial charge in [-0.1, -0.05) is 0 Å². The fourth-order valence-corrected chi connectivity index (χ4v) is 2.83. The highest BCUT2D eigenvalue weighted by atomic mass is 32.1. The minimum atomic E-state index is 0.750. The first-order valence-corrected chi connectivity index (χ1v) is 6.93. The van der Waals surface area contributed by atoms with Crippen molar-refractivity contribution < 1.29 is 0 Å². The van der Waals surface area contributed by atoms with Crippen LogP contribution in [-0.4, -0.2) is 30.1 Å². The summed E-state index contributed by atoms with van der Waals surface area (Å²) in [6.45, 7) is 0. The first-order chi connectivity index (χ1) is 9.93. The number of rotatable bonds is 3. The maximum absolute atomic E-state index is 4.42. The second-order valence-corrected chi connectivity index (χ2v) is 5.08. The number of H-pyrrole nitrogens is 3. The van der Waals surface area contributed by atoms with E-state index in [2.05, 4.69) is 30.1 Å². The highest BCUT2D eigenvalue weighted by Gasteiger charge is 2.21. The number of aromatic amines is 3. The van der Waals surface area contributed by atoms with E-state index < -0.39 is 0 Å². The van der Waals surface area contributed by atoms with Crippen LogP contribution in [0, 0.1) is 0 Å². The molecule has 0 atom stereocenters. The molecule has 4 aromatic rings. The van der Waals surface area contributed by atoms with Gasteiger partial charge in [-0.05, 0) is 12.1 Å². The Morgan fingerprint density at radius 1 is 1.05 bits per heavy atom. The van der Waals surface area contributed by atoms with Crippen molar-refractivity contribution in [2.75, 3.05) is 0 Å². The van der Waals surface area contributed by atoms with E-state index in [1.807, 2.05) is 23.7 Å². The van der Waals surface area contributed by atoms with Gasteiger partial charge in [0, 0.05) is 30.2 Å². The Balaban J connectivity index is 1.98. The molecule has 4 rings (SSSR count). The van der Waals surface area contributed by atoms with Crippen molar-refractivity contribution in [3.05, 3.63) is 42.3 Å². The lowest BCUT2D eigenvalue weighted by atomic mass is 10.1. The monoisotopic (exact) mass is 282 g/mol. The highest BCUT2D eigenvalue weighted by molar-refractivity contribution is 7.13. The summed E-state index contributed by atoms with van der Waals surface area (Å²) < 4.78 is 0. The van der Waals surface area contributed by atoms with E-state index in [1.54, 1.807) is 29.9 Å². The van der Waals surface area contributed by atoms with Crippen molar-refractivity contribution in [2.24, 2.45) is 0 Å². The largest absolute Gasteiger partial charge is 0.360 e. The van der Waals surface area contributed by atoms with Gasteiger partial charge in [-0.25, -0.2) is 9.97 Å². The molecule has 0 saturated heterocycles. The zero-order valence-corrected chi connectivity index (χ0v) is 11.1. The maximum Gasteiger partial charge on any atom is 0.156 e. The van der Waals surface area contributed by atoms with Crippen LogP contribution < -0.4 is 0 Å². The van der Waals surface area contributed by atoms with Gasteiger partial charge < -0.3 is 9.97 Å². The molecule has 0 bridgehead atoms. The summed E-state index contributed by atoms with van der Waals surface area (Å²) in [5.74, 6) is 0.750. The van der Waals surface area contributed by atoms with Crippen molar-refractivity contribution in [1.29, 1.82) is 0 Å². The third-order valence-electron chi connectivity index (χ3n) is 3.00. The minimum Gasteiger partial charge on any atom is -0.360 e. The zero-order valence-electron chi connectivity index (χ0n) is 10.3. The molecule has 0 saturated carbocycles. The summed E-state index contributed by atoms with van der Waals surface area (Å²) in [6.07, 6.45) is 7.17. The fourth-order valence-electron chi connectivity index (χ4n) is 2.14. The van der Waals surface area contributed by atoms with Crippen molar-refractivity contribution in [3.63, 3.8) is 0 Å². The summed E-state index contributed by atoms with van der Waals surface area (Å²) in [7, 11) is 0. The fraction of sp³-hybridized carbons (Fsp3) is 0. The van der Waals surface area contributed by atoms with Crippen molar-refractivity contribution >= 4 is 11.3 Å². The first-order valence-electron chi connectivity index (χ1n) is 6.05. The van der Waals surface area contributed by atoms with Crippen LogP contribution in [0.5, 0.6) is 0 Å². The first kappa shape index (κ1) is 11.2. The third kappa shape index (κ3) is 1.68. The molecule has 0 amide bonds. The summed E-state index contributed by atoms with van der Waals surface area (Å²) in [6, 6.07) is 3.93. The zero-order chi connectivity index (χ0) is 13.4. The Hall–Kier alpha value is -2.67. The average molecular weight is 282 g/mol. The van der Waals surface area contributed by atoms with Crippen LogP contribution in [0.4, 0.5) is 0 Å². The maximum atomic E-state index is 4.42. The summed E-state index contributed by atoms with van der Waals surface area (Å²) in [5, 5.41) is 10.3. The van der Waals surface area contributed by atoms with Crippen molar-refractivity contribution in [3.8, 4) is 33.5 Å². The lowest BCUT2D eigenvalue weighted by Crippen LogP contribution is -1.86. The molecule has 7 heteroatoms. The topological polar surface area (TPSA) is 86.0 Å². The van der Waals surface area contributed by atoms with Gasteiger partial charge in [-0.2, -0.15) is 5.10 Å². The van der Waals surface area contributed by atoms with E-state index in [4.69, 9.17) is 0 Å². The Bertz CT molecular complexity index is 744. The minimum absolute atomic E-state index is 0.750. The second kappa shape index (κ2) is 4.46. The summed E-state index contributed by atoms with van der Waals surface area (Å²) in [5.41, 5.74) is 3.59. The Labute approximate surface area is 117 Å². The lowest BCUT2D eigenvalue weighted by Gasteiger charge is -2.00. The van der Waals surface area contributed by atoms with Crippen LogP contribution in [0.15, 0.2) is 42.3 Å². The predicted molar refractivity (Wildman–Crippen MR) is 77.1 cm³/mol. The molecule has 0 aliphatic carbocycles. The quantitative estimate of drug-likeness (QED) is 0.540. The number of thiazole rings is 1. The number of aromatic nitrogens is 6. The SMILES string of the molecule is c1c[nH]c(-c2n[nH]c(-c3ncc[nH]3)c2-c2nccs2)c1. The number of hydrogen-bond acceptors (Lipinski definition) is 4. The summed E-state index contributed by atoms with van der Waals surface area (Å²) in [4.78, 5) is 15.0. The van der Waals surface area contributed by atoms with Gasteiger partial charge in [-0.15, -0.1) is 11.3 Å². The van der Waals surface area contributed by atoms with Crippen molar-refractivity contribution in [1.82, 2.24) is 30.1 Å². The van der Waals surface area contributed by atoms with Gasteiger partial charge in [0.15, 0.2) is 5.82 Å². The van der Waals surface area contributed by atoms with Crippen LogP contribution in [0.3, 0.4) is 0 Å². The molecule has 0 radical (unpaired) electrons. The molecular formula is C13H10N6S. The number of hydrogen-bond donors (Lipinski definition) is 3. The van der Waals surface area contributed by atoms with Crippen LogP contribution in [0.1, 0.15) is 0 Å². The van der Waals surface area contributed by atoms with E-state index >= 15 is 0 Å². The molecule has 98 valence electrons. The van der Waals surface area contributed by atoms with Crippen LogP contribution in [-0.2, 0) is 0 Å². The Kier molecular flexibility index (Phi) is 2.49. The van der Waals surface area contributed by atoms with Gasteiger partial charge >= 0.3 is 0 Å². The van der Waals surface area contributed by atoms with Gasteiger partial charge in [-0.3, -0.25) is 5.10 Å². The predicted octanol–water partition coefficient (Wildman–Crippen LogP) is 2.92. The molecule has 0 aliphatic rings. The lowest BCUT2D eigenvalue weighted by molar-refractivity contribution is 1.08. The van der Waals surface area contributed by atoms with E-state index in [0.29, 0.717) is 0 Å². The third-order valence-corrected chi connectivity index (χ3v) is 3.79. The second-order valence-electron chi connectivity index (χ2n) is 4.18. The van der Waals surface area contributed by atoms with E-state index in [-0.39, 0.29) is 0 Å². The molecule has 0 spiro atoms. The number of nitrogens with zero attached hydrogens (tertiary/aromatic N) is 3. The van der Waals surface area contributed by atoms with Crippen molar-refractivity contribution in [2.45, 2.75) is 0 Å². The highest BCUT2D eigenvalue weighted by Crippen LogP contribution is 2.37. The average Bonchev–Trinajstić information content (AvgIpc) is 3.23. The van der Waals surface area contributed by atoms with Gasteiger partial charge in [0.25, 0.3) is 0 Å². The molecular weight excluding hydrogens is 272 g/mol. The Morgan fingerprint density at radius 2 is 2.05 bits per heavy atom. The number of imidazole rings is 1.